The molecule has 0 unspecified atom stereocenters. The standard InChI is InChI=1S/C15H18FNO4S.Na/c1-15(2,3)21-14(20)17-6-4-9(5-7-17)10-8-22-12(11(10)16)13(18)19;/h4,8H,5-7H2,1-3H3,(H,18,19);/q;+1/p-1. The van der Waals surface area contributed by atoms with Crippen LogP contribution < -0.4 is 34.7 Å². The third-order valence-corrected chi connectivity index (χ3v) is 4.06. The Hall–Kier alpha value is -0.890. The van der Waals surface area contributed by atoms with Crippen molar-refractivity contribution >= 4 is 29.0 Å². The van der Waals surface area contributed by atoms with Crippen LogP contribution in [0.25, 0.3) is 5.57 Å². The predicted molar refractivity (Wildman–Crippen MR) is 79.0 cm³/mol. The summed E-state index contributed by atoms with van der Waals surface area (Å²) in [6.45, 7) is 6.08. The predicted octanol–water partition coefficient (Wildman–Crippen LogP) is -0.721. The molecule has 1 aliphatic heterocycles. The van der Waals surface area contributed by atoms with Crippen LogP contribution in [0.3, 0.4) is 0 Å². The number of carboxylic acid groups (broad SMARTS) is 1. The zero-order chi connectivity index (χ0) is 16.5. The number of hydrogen-bond acceptors (Lipinski definition) is 5. The Labute approximate surface area is 160 Å². The molecule has 0 saturated carbocycles. The van der Waals surface area contributed by atoms with Gasteiger partial charge in [0, 0.05) is 24.0 Å². The molecule has 1 aromatic rings. The van der Waals surface area contributed by atoms with Crippen LogP contribution in [0.15, 0.2) is 11.5 Å². The number of halogens is 1. The molecule has 0 radical (unpaired) electrons. The number of carbonyl (C=O) groups is 2. The maximum atomic E-state index is 14.0. The molecule has 23 heavy (non-hydrogen) atoms. The number of ether oxygens (including phenoxy) is 1. The fourth-order valence-electron chi connectivity index (χ4n) is 2.10. The topological polar surface area (TPSA) is 69.7 Å². The van der Waals surface area contributed by atoms with E-state index in [1.54, 1.807) is 26.8 Å². The minimum atomic E-state index is -1.51. The van der Waals surface area contributed by atoms with Gasteiger partial charge in [-0.2, -0.15) is 0 Å². The Morgan fingerprint density at radius 2 is 2.04 bits per heavy atom. The number of thiophene rings is 1. The first-order chi connectivity index (χ1) is 10.2. The number of rotatable bonds is 2. The molecule has 120 valence electrons. The summed E-state index contributed by atoms with van der Waals surface area (Å²) in [5.41, 5.74) is 0.401. The monoisotopic (exact) mass is 349 g/mol. The molecule has 1 aliphatic rings. The average molecular weight is 349 g/mol. The number of amides is 1. The van der Waals surface area contributed by atoms with E-state index < -0.39 is 28.4 Å². The molecular weight excluding hydrogens is 332 g/mol. The van der Waals surface area contributed by atoms with E-state index in [0.717, 1.165) is 11.3 Å². The summed E-state index contributed by atoms with van der Waals surface area (Å²) in [5, 5.41) is 12.2. The van der Waals surface area contributed by atoms with Crippen molar-refractivity contribution in [2.45, 2.75) is 32.8 Å². The van der Waals surface area contributed by atoms with Crippen molar-refractivity contribution in [1.82, 2.24) is 4.90 Å². The van der Waals surface area contributed by atoms with Crippen molar-refractivity contribution in [3.8, 4) is 0 Å². The molecule has 0 fully saturated rings. The molecule has 2 heterocycles. The van der Waals surface area contributed by atoms with Gasteiger partial charge in [-0.05, 0) is 32.8 Å². The van der Waals surface area contributed by atoms with Crippen molar-refractivity contribution in [3.05, 3.63) is 27.7 Å². The zero-order valence-electron chi connectivity index (χ0n) is 13.6. The van der Waals surface area contributed by atoms with Gasteiger partial charge in [-0.25, -0.2) is 9.18 Å². The molecule has 8 heteroatoms. The Morgan fingerprint density at radius 1 is 1.39 bits per heavy atom. The molecule has 0 bridgehead atoms. The van der Waals surface area contributed by atoms with Gasteiger partial charge in [-0.3, -0.25) is 0 Å². The molecule has 2 rings (SSSR count). The van der Waals surface area contributed by atoms with Crippen LogP contribution in [0.1, 0.15) is 42.4 Å². The van der Waals surface area contributed by atoms with Crippen LogP contribution in [-0.2, 0) is 4.74 Å². The Balaban J connectivity index is 0.00000264. The first-order valence-corrected chi connectivity index (χ1v) is 7.72. The van der Waals surface area contributed by atoms with Gasteiger partial charge in [0.25, 0.3) is 0 Å². The van der Waals surface area contributed by atoms with Crippen LogP contribution in [0.5, 0.6) is 0 Å². The molecule has 0 aromatic carbocycles. The first-order valence-electron chi connectivity index (χ1n) is 6.84. The van der Waals surface area contributed by atoms with Gasteiger partial charge in [0.2, 0.25) is 0 Å². The molecule has 0 atom stereocenters. The number of aromatic carboxylic acids is 1. The summed E-state index contributed by atoms with van der Waals surface area (Å²) in [5.74, 6) is -2.28. The minimum Gasteiger partial charge on any atom is -0.544 e. The fourth-order valence-corrected chi connectivity index (χ4v) is 2.90. The maximum Gasteiger partial charge on any atom is 1.00 e. The first kappa shape index (κ1) is 20.2. The van der Waals surface area contributed by atoms with Crippen molar-refractivity contribution < 1.29 is 53.4 Å². The SMILES string of the molecule is CC(C)(C)OC(=O)N1CC=C(c2csc(C(=O)[O-])c2F)CC1.[Na+]. The number of carboxylic acids is 1. The number of hydrogen-bond donors (Lipinski definition) is 0. The summed E-state index contributed by atoms with van der Waals surface area (Å²) < 4.78 is 19.3. The quantitative estimate of drug-likeness (QED) is 0.661. The summed E-state index contributed by atoms with van der Waals surface area (Å²) in [7, 11) is 0. The second kappa shape index (κ2) is 7.79. The second-order valence-electron chi connectivity index (χ2n) is 5.99. The van der Waals surface area contributed by atoms with Gasteiger partial charge in [0.05, 0.1) is 10.8 Å². The molecule has 0 N–H and O–H groups in total. The van der Waals surface area contributed by atoms with Crippen molar-refractivity contribution in [3.63, 3.8) is 0 Å². The maximum absolute atomic E-state index is 14.0. The van der Waals surface area contributed by atoms with E-state index in [1.807, 2.05) is 0 Å². The average Bonchev–Trinajstić information content (AvgIpc) is 2.79. The van der Waals surface area contributed by atoms with Gasteiger partial charge in [0.1, 0.15) is 5.60 Å². The van der Waals surface area contributed by atoms with E-state index in [1.165, 1.54) is 10.3 Å². The Kier molecular flexibility index (Phi) is 6.82. The molecule has 1 amide bonds. The molecule has 5 nitrogen and oxygen atoms in total. The third-order valence-electron chi connectivity index (χ3n) is 3.12. The molecule has 1 aromatic heterocycles. The van der Waals surface area contributed by atoms with E-state index in [9.17, 15) is 19.1 Å². The normalized spacial score (nSPS) is 14.8. The van der Waals surface area contributed by atoms with E-state index in [0.29, 0.717) is 25.1 Å². The van der Waals surface area contributed by atoms with Crippen LogP contribution in [0.4, 0.5) is 9.18 Å². The molecule has 0 aliphatic carbocycles. The third kappa shape index (κ3) is 5.04. The van der Waals surface area contributed by atoms with Gasteiger partial charge in [-0.15, -0.1) is 11.3 Å². The molecule has 0 spiro atoms. The summed E-state index contributed by atoms with van der Waals surface area (Å²) in [6.07, 6.45) is 1.75. The fraction of sp³-hybridized carbons (Fsp3) is 0.467. The van der Waals surface area contributed by atoms with Crippen LogP contribution in [-0.4, -0.2) is 35.7 Å². The van der Waals surface area contributed by atoms with Gasteiger partial charge >= 0.3 is 35.7 Å². The van der Waals surface area contributed by atoms with E-state index in [4.69, 9.17) is 4.74 Å². The zero-order valence-corrected chi connectivity index (χ0v) is 16.5. The number of carbonyl (C=O) groups excluding carboxylic acids is 2. The van der Waals surface area contributed by atoms with Crippen LogP contribution in [0, 0.1) is 5.82 Å². The van der Waals surface area contributed by atoms with Crippen LogP contribution >= 0.6 is 11.3 Å². The van der Waals surface area contributed by atoms with Gasteiger partial charge < -0.3 is 19.5 Å². The van der Waals surface area contributed by atoms with E-state index in [2.05, 4.69) is 0 Å². The van der Waals surface area contributed by atoms with Gasteiger partial charge in [-0.1, -0.05) is 6.08 Å². The number of nitrogens with zero attached hydrogens (tertiary/aromatic N) is 1. The van der Waals surface area contributed by atoms with Crippen molar-refractivity contribution in [2.75, 3.05) is 13.1 Å². The Bertz CT molecular complexity index is 636. The summed E-state index contributed by atoms with van der Waals surface area (Å²) in [4.78, 5) is 23.8. The van der Waals surface area contributed by atoms with Crippen molar-refractivity contribution in [2.24, 2.45) is 0 Å². The second-order valence-corrected chi connectivity index (χ2v) is 6.87. The van der Waals surface area contributed by atoms with Crippen LogP contribution in [0.2, 0.25) is 0 Å². The van der Waals surface area contributed by atoms with Gasteiger partial charge in [0.15, 0.2) is 5.82 Å². The largest absolute Gasteiger partial charge is 1.00 e. The minimum absolute atomic E-state index is 0. The smallest absolute Gasteiger partial charge is 0.544 e. The summed E-state index contributed by atoms with van der Waals surface area (Å²) in [6, 6.07) is 0. The van der Waals surface area contributed by atoms with E-state index in [-0.39, 0.29) is 35.1 Å². The van der Waals surface area contributed by atoms with Crippen molar-refractivity contribution in [1.29, 1.82) is 0 Å². The molecule has 0 saturated heterocycles. The van der Waals surface area contributed by atoms with E-state index >= 15 is 0 Å². The summed E-state index contributed by atoms with van der Waals surface area (Å²) >= 11 is 0.810. The molecular formula is C15H17FNNaO4S. The Morgan fingerprint density at radius 3 is 2.48 bits per heavy atom.